The molecule has 2 aromatic carbocycles. The van der Waals surface area contributed by atoms with Gasteiger partial charge in [0.2, 0.25) is 0 Å². The summed E-state index contributed by atoms with van der Waals surface area (Å²) in [6.45, 7) is 9.49. The fourth-order valence-corrected chi connectivity index (χ4v) is 7.81. The first-order chi connectivity index (χ1) is 25.3. The van der Waals surface area contributed by atoms with E-state index in [2.05, 4.69) is 98.8 Å². The number of unbranched alkanes of at least 4 members (excludes halogenated alkanes) is 24. The average Bonchev–Trinajstić information content (AvgIpc) is 3.15. The molecular formula is C50H84N+. The molecule has 0 saturated carbocycles. The Bertz CT molecular complexity index is 952. The van der Waals surface area contributed by atoms with E-state index < -0.39 is 0 Å². The molecule has 2 aromatic rings. The van der Waals surface area contributed by atoms with Gasteiger partial charge in [-0.2, -0.15) is 0 Å². The zero-order valence-electron chi connectivity index (χ0n) is 34.2. The normalized spacial score (nSPS) is 12.1. The van der Waals surface area contributed by atoms with E-state index in [1.54, 1.807) is 0 Å². The van der Waals surface area contributed by atoms with Crippen LogP contribution in [0.2, 0.25) is 0 Å². The third-order valence-electron chi connectivity index (χ3n) is 11.0. The molecule has 0 aliphatic carbocycles. The Balaban J connectivity index is 1.73. The molecule has 0 aliphatic rings. The van der Waals surface area contributed by atoms with Crippen LogP contribution < -0.4 is 0 Å². The molecule has 0 spiro atoms. The predicted molar refractivity (Wildman–Crippen MR) is 229 cm³/mol. The van der Waals surface area contributed by atoms with E-state index in [4.69, 9.17) is 0 Å². The summed E-state index contributed by atoms with van der Waals surface area (Å²) in [7, 11) is 0. The van der Waals surface area contributed by atoms with Crippen molar-refractivity contribution < 1.29 is 4.48 Å². The second-order valence-corrected chi connectivity index (χ2v) is 16.0. The molecule has 2 rings (SSSR count). The van der Waals surface area contributed by atoms with Gasteiger partial charge in [0.1, 0.15) is 13.1 Å². The second kappa shape index (κ2) is 33.7. The van der Waals surface area contributed by atoms with Gasteiger partial charge in [0.25, 0.3) is 0 Å². The van der Waals surface area contributed by atoms with Crippen LogP contribution >= 0.6 is 0 Å². The number of nitrogens with zero attached hydrogens (tertiary/aromatic N) is 1. The molecule has 288 valence electrons. The molecule has 0 atom stereocenters. The highest BCUT2D eigenvalue weighted by atomic mass is 15.3. The van der Waals surface area contributed by atoms with Gasteiger partial charge in [-0.25, -0.2) is 0 Å². The zero-order chi connectivity index (χ0) is 36.2. The highest BCUT2D eigenvalue weighted by Gasteiger charge is 2.27. The lowest BCUT2D eigenvalue weighted by molar-refractivity contribution is -0.954. The van der Waals surface area contributed by atoms with Crippen LogP contribution in [-0.2, 0) is 13.1 Å². The van der Waals surface area contributed by atoms with Crippen molar-refractivity contribution in [2.75, 3.05) is 13.1 Å². The third kappa shape index (κ3) is 26.3. The Kier molecular flexibility index (Phi) is 29.8. The van der Waals surface area contributed by atoms with Gasteiger partial charge in [-0.15, -0.1) is 0 Å². The summed E-state index contributed by atoms with van der Waals surface area (Å²) >= 11 is 0. The Labute approximate surface area is 319 Å². The minimum atomic E-state index is 1.15. The first-order valence-electron chi connectivity index (χ1n) is 22.5. The van der Waals surface area contributed by atoms with Crippen molar-refractivity contribution in [2.45, 2.75) is 207 Å². The van der Waals surface area contributed by atoms with Crippen LogP contribution in [0.1, 0.15) is 205 Å². The van der Waals surface area contributed by atoms with Gasteiger partial charge < -0.3 is 4.48 Å². The van der Waals surface area contributed by atoms with Crippen molar-refractivity contribution in [1.29, 1.82) is 0 Å². The lowest BCUT2D eigenvalue weighted by Crippen LogP contribution is -2.48. The van der Waals surface area contributed by atoms with E-state index in [9.17, 15) is 0 Å². The molecule has 1 heteroatoms. The summed E-state index contributed by atoms with van der Waals surface area (Å²) in [5, 5.41) is 0. The fraction of sp³-hybridized carbons (Fsp3) is 0.680. The summed E-state index contributed by atoms with van der Waals surface area (Å²) in [6, 6.07) is 22.7. The van der Waals surface area contributed by atoms with E-state index in [1.807, 2.05) is 0 Å². The van der Waals surface area contributed by atoms with Gasteiger partial charge in [0.05, 0.1) is 13.1 Å². The van der Waals surface area contributed by atoms with Gasteiger partial charge in [-0.1, -0.05) is 202 Å². The number of allylic oxidation sites excluding steroid dienone is 4. The number of quaternary nitrogens is 1. The van der Waals surface area contributed by atoms with Crippen LogP contribution in [0, 0.1) is 0 Å². The fourth-order valence-electron chi connectivity index (χ4n) is 7.81. The van der Waals surface area contributed by atoms with Crippen LogP contribution in [0.15, 0.2) is 85.0 Å². The monoisotopic (exact) mass is 699 g/mol. The van der Waals surface area contributed by atoms with E-state index in [0.29, 0.717) is 0 Å². The summed E-state index contributed by atoms with van der Waals surface area (Å²) in [5.74, 6) is 0. The molecule has 0 radical (unpaired) electrons. The summed E-state index contributed by atoms with van der Waals surface area (Å²) in [4.78, 5) is 0. The largest absolute Gasteiger partial charge is 0.316 e. The summed E-state index contributed by atoms with van der Waals surface area (Å²) in [6.07, 6.45) is 48.4. The lowest BCUT2D eigenvalue weighted by Gasteiger charge is -2.39. The minimum Gasteiger partial charge on any atom is -0.316 e. The zero-order valence-corrected chi connectivity index (χ0v) is 34.2. The number of rotatable bonds is 36. The molecular weight excluding hydrogens is 615 g/mol. The van der Waals surface area contributed by atoms with E-state index in [-0.39, 0.29) is 0 Å². The average molecular weight is 699 g/mol. The Morgan fingerprint density at radius 3 is 0.922 bits per heavy atom. The van der Waals surface area contributed by atoms with Gasteiger partial charge in [0, 0.05) is 11.1 Å². The van der Waals surface area contributed by atoms with Crippen molar-refractivity contribution >= 4 is 0 Å². The number of hydrogen-bond acceptors (Lipinski definition) is 0. The van der Waals surface area contributed by atoms with E-state index in [0.717, 1.165) is 13.1 Å². The SMILES string of the molecule is CCCCCCCCCC/C=C/CCCCCC[N+](CCCCCC/C=C/CCCCCCCCCC)(Cc1ccccc1)Cc1ccccc1. The van der Waals surface area contributed by atoms with Crippen LogP contribution in [0.3, 0.4) is 0 Å². The van der Waals surface area contributed by atoms with Gasteiger partial charge in [0.15, 0.2) is 0 Å². The van der Waals surface area contributed by atoms with Crippen molar-refractivity contribution in [3.8, 4) is 0 Å². The number of hydrogen-bond donors (Lipinski definition) is 0. The topological polar surface area (TPSA) is 0 Å². The molecule has 0 amide bonds. The van der Waals surface area contributed by atoms with E-state index in [1.165, 1.54) is 208 Å². The minimum absolute atomic E-state index is 1.15. The standard InChI is InChI=1S/C50H84N/c1-3-5-7-9-11-13-15-17-19-21-23-25-27-29-31-39-45-51(47-49-41-35-33-36-42-49,48-50-43-37-34-38-44-50)46-40-32-30-28-26-24-22-20-18-16-14-12-10-8-6-4-2/h21-24,33-38,41-44H,3-20,25-32,39-40,45-48H2,1-2H3/q+1/b23-21+,24-22+. The van der Waals surface area contributed by atoms with Crippen molar-refractivity contribution in [2.24, 2.45) is 0 Å². The first kappa shape index (κ1) is 45.0. The predicted octanol–water partition coefficient (Wildman–Crippen LogP) is 16.3. The third-order valence-corrected chi connectivity index (χ3v) is 11.0. The molecule has 0 bridgehead atoms. The second-order valence-electron chi connectivity index (χ2n) is 16.0. The van der Waals surface area contributed by atoms with Crippen LogP contribution in [-0.4, -0.2) is 17.6 Å². The molecule has 0 heterocycles. The molecule has 0 saturated heterocycles. The summed E-state index contributed by atoms with van der Waals surface area (Å²) in [5.41, 5.74) is 2.99. The van der Waals surface area contributed by atoms with Crippen LogP contribution in [0.25, 0.3) is 0 Å². The van der Waals surface area contributed by atoms with Crippen molar-refractivity contribution in [3.05, 3.63) is 96.1 Å². The smallest absolute Gasteiger partial charge is 0.105 e. The molecule has 0 unspecified atom stereocenters. The summed E-state index contributed by atoms with van der Waals surface area (Å²) < 4.78 is 1.20. The maximum Gasteiger partial charge on any atom is 0.105 e. The molecule has 0 aromatic heterocycles. The Morgan fingerprint density at radius 2 is 0.608 bits per heavy atom. The van der Waals surface area contributed by atoms with Crippen molar-refractivity contribution in [3.63, 3.8) is 0 Å². The maximum atomic E-state index is 2.47. The first-order valence-corrected chi connectivity index (χ1v) is 22.5. The number of benzene rings is 2. The Morgan fingerprint density at radius 1 is 0.333 bits per heavy atom. The highest BCUT2D eigenvalue weighted by molar-refractivity contribution is 5.15. The quantitative estimate of drug-likeness (QED) is 0.0377. The van der Waals surface area contributed by atoms with Gasteiger partial charge in [-0.05, 0) is 77.0 Å². The molecule has 0 fully saturated rings. The van der Waals surface area contributed by atoms with Gasteiger partial charge >= 0.3 is 0 Å². The molecule has 51 heavy (non-hydrogen) atoms. The van der Waals surface area contributed by atoms with Crippen molar-refractivity contribution in [1.82, 2.24) is 0 Å². The maximum absolute atomic E-state index is 2.47. The lowest BCUT2D eigenvalue weighted by atomic mass is 10.0. The van der Waals surface area contributed by atoms with E-state index >= 15 is 0 Å². The van der Waals surface area contributed by atoms with Gasteiger partial charge in [-0.3, -0.25) is 0 Å². The highest BCUT2D eigenvalue weighted by Crippen LogP contribution is 2.24. The molecule has 0 aliphatic heterocycles. The van der Waals surface area contributed by atoms with Crippen LogP contribution in [0.5, 0.6) is 0 Å². The van der Waals surface area contributed by atoms with Crippen LogP contribution in [0.4, 0.5) is 0 Å². The Hall–Kier alpha value is -2.12. The molecule has 1 nitrogen and oxygen atoms in total. The molecule has 0 N–H and O–H groups in total.